The van der Waals surface area contributed by atoms with E-state index in [1.165, 1.54) is 12.1 Å². The van der Waals surface area contributed by atoms with Crippen molar-refractivity contribution in [3.8, 4) is 11.5 Å². The molecule has 0 aliphatic heterocycles. The van der Waals surface area contributed by atoms with Crippen molar-refractivity contribution in [2.75, 3.05) is 0 Å². The highest BCUT2D eigenvalue weighted by atomic mass is 16.3. The lowest BCUT2D eigenvalue weighted by molar-refractivity contribution is 0.0891. The molecule has 2 aromatic carbocycles. The quantitative estimate of drug-likeness (QED) is 0.491. The minimum atomic E-state index is -0.967. The SMILES string of the molecule is CC(O)[C@@]1(N)CCc2c(O)c3c(c(O)c2C1)C(=O)c1ccccc1C3=O. The van der Waals surface area contributed by atoms with Gasteiger partial charge in [-0.15, -0.1) is 0 Å². The molecule has 0 bridgehead atoms. The van der Waals surface area contributed by atoms with Crippen LogP contribution in [0.1, 0.15) is 56.3 Å². The van der Waals surface area contributed by atoms with Crippen molar-refractivity contribution in [2.45, 2.75) is 37.8 Å². The molecule has 2 aliphatic carbocycles. The summed E-state index contributed by atoms with van der Waals surface area (Å²) in [4.78, 5) is 25.8. The molecule has 1 unspecified atom stereocenters. The molecule has 0 saturated carbocycles. The van der Waals surface area contributed by atoms with Crippen molar-refractivity contribution >= 4 is 11.6 Å². The number of aliphatic hydroxyl groups excluding tert-OH is 1. The second kappa shape index (κ2) is 5.40. The van der Waals surface area contributed by atoms with Crippen LogP contribution in [0.25, 0.3) is 0 Å². The van der Waals surface area contributed by atoms with E-state index in [1.54, 1.807) is 19.1 Å². The molecule has 0 saturated heterocycles. The fraction of sp³-hybridized carbons (Fsp3) is 0.300. The number of ketones is 2. The van der Waals surface area contributed by atoms with Crippen molar-refractivity contribution in [2.24, 2.45) is 5.73 Å². The number of carbonyl (C=O) groups excluding carboxylic acids is 2. The highest BCUT2D eigenvalue weighted by molar-refractivity contribution is 6.30. The number of hydrogen-bond donors (Lipinski definition) is 4. The van der Waals surface area contributed by atoms with E-state index in [0.717, 1.165) is 0 Å². The molecular weight excluding hydrogens is 334 g/mol. The van der Waals surface area contributed by atoms with Crippen molar-refractivity contribution in [1.29, 1.82) is 0 Å². The maximum Gasteiger partial charge on any atom is 0.198 e. The number of fused-ring (bicyclic) bond motifs is 3. The first-order valence-corrected chi connectivity index (χ1v) is 8.51. The Morgan fingerprint density at radius 2 is 1.50 bits per heavy atom. The number of nitrogens with two attached hydrogens (primary N) is 1. The number of phenolic OH excluding ortho intramolecular Hbond substituents is 2. The Labute approximate surface area is 149 Å². The van der Waals surface area contributed by atoms with Gasteiger partial charge in [-0.3, -0.25) is 9.59 Å². The molecule has 5 N–H and O–H groups in total. The lowest BCUT2D eigenvalue weighted by Gasteiger charge is -2.38. The van der Waals surface area contributed by atoms with Crippen LogP contribution in [0.4, 0.5) is 0 Å². The van der Waals surface area contributed by atoms with E-state index < -0.39 is 23.2 Å². The van der Waals surface area contributed by atoms with Crippen molar-refractivity contribution in [3.63, 3.8) is 0 Å². The summed E-state index contributed by atoms with van der Waals surface area (Å²) >= 11 is 0. The molecule has 0 fully saturated rings. The summed E-state index contributed by atoms with van der Waals surface area (Å²) in [5, 5.41) is 31.5. The molecule has 134 valence electrons. The fourth-order valence-electron chi connectivity index (χ4n) is 4.01. The summed E-state index contributed by atoms with van der Waals surface area (Å²) in [6, 6.07) is 6.35. The average molecular weight is 353 g/mol. The normalized spacial score (nSPS) is 22.4. The number of aromatic hydroxyl groups is 2. The van der Waals surface area contributed by atoms with Crippen LogP contribution in [0, 0.1) is 0 Å². The Balaban J connectivity index is 1.98. The van der Waals surface area contributed by atoms with Gasteiger partial charge in [0.25, 0.3) is 0 Å². The Hall–Kier alpha value is -2.70. The highest BCUT2D eigenvalue weighted by Gasteiger charge is 2.42. The zero-order valence-electron chi connectivity index (χ0n) is 14.2. The third-order valence-electron chi connectivity index (χ3n) is 5.71. The molecule has 26 heavy (non-hydrogen) atoms. The predicted molar refractivity (Wildman–Crippen MR) is 93.7 cm³/mol. The van der Waals surface area contributed by atoms with Gasteiger partial charge in [0.05, 0.1) is 17.2 Å². The van der Waals surface area contributed by atoms with Crippen LogP contribution in [-0.2, 0) is 12.8 Å². The smallest absolute Gasteiger partial charge is 0.198 e. The fourth-order valence-corrected chi connectivity index (χ4v) is 4.01. The average Bonchev–Trinajstić information content (AvgIpc) is 2.62. The van der Waals surface area contributed by atoms with E-state index in [-0.39, 0.29) is 40.2 Å². The van der Waals surface area contributed by atoms with Gasteiger partial charge in [-0.2, -0.15) is 0 Å². The van der Waals surface area contributed by atoms with Gasteiger partial charge >= 0.3 is 0 Å². The van der Waals surface area contributed by atoms with E-state index in [0.29, 0.717) is 24.0 Å². The maximum absolute atomic E-state index is 12.9. The maximum atomic E-state index is 12.9. The molecule has 0 amide bonds. The van der Waals surface area contributed by atoms with Gasteiger partial charge in [-0.25, -0.2) is 0 Å². The summed E-state index contributed by atoms with van der Waals surface area (Å²) in [6.45, 7) is 1.57. The van der Waals surface area contributed by atoms with Gasteiger partial charge in [0.2, 0.25) is 0 Å². The highest BCUT2D eigenvalue weighted by Crippen LogP contribution is 2.46. The van der Waals surface area contributed by atoms with E-state index >= 15 is 0 Å². The van der Waals surface area contributed by atoms with Gasteiger partial charge in [0.1, 0.15) is 11.5 Å². The van der Waals surface area contributed by atoms with Gasteiger partial charge in [-0.05, 0) is 26.2 Å². The zero-order valence-corrected chi connectivity index (χ0v) is 14.2. The van der Waals surface area contributed by atoms with E-state index in [4.69, 9.17) is 5.73 Å². The van der Waals surface area contributed by atoms with Crippen LogP contribution in [-0.4, -0.2) is 38.5 Å². The molecular formula is C20H19NO5. The first-order chi connectivity index (χ1) is 12.3. The summed E-state index contributed by atoms with van der Waals surface area (Å²) in [7, 11) is 0. The molecule has 6 nitrogen and oxygen atoms in total. The topological polar surface area (TPSA) is 121 Å². The molecule has 4 rings (SSSR count). The van der Waals surface area contributed by atoms with E-state index in [2.05, 4.69) is 0 Å². The minimum absolute atomic E-state index is 0.107. The van der Waals surface area contributed by atoms with Crippen LogP contribution < -0.4 is 5.73 Å². The Bertz CT molecular complexity index is 979. The van der Waals surface area contributed by atoms with Crippen molar-refractivity contribution < 1.29 is 24.9 Å². The van der Waals surface area contributed by atoms with Crippen molar-refractivity contribution in [3.05, 3.63) is 57.6 Å². The monoisotopic (exact) mass is 353 g/mol. The Morgan fingerprint density at radius 1 is 1.00 bits per heavy atom. The molecule has 0 spiro atoms. The summed E-state index contributed by atoms with van der Waals surface area (Å²) < 4.78 is 0. The predicted octanol–water partition coefficient (Wildman–Crippen LogP) is 1.44. The second-order valence-corrected chi connectivity index (χ2v) is 7.19. The van der Waals surface area contributed by atoms with Gasteiger partial charge in [0.15, 0.2) is 11.6 Å². The zero-order chi connectivity index (χ0) is 18.8. The van der Waals surface area contributed by atoms with Crippen LogP contribution >= 0.6 is 0 Å². The van der Waals surface area contributed by atoms with Crippen molar-refractivity contribution in [1.82, 2.24) is 0 Å². The third-order valence-corrected chi connectivity index (χ3v) is 5.71. The van der Waals surface area contributed by atoms with E-state index in [9.17, 15) is 24.9 Å². The standard InChI is InChI=1S/C20H19NO5/c1-9(22)20(21)7-6-12-13(8-20)19(26)15-14(18(12)25)16(23)10-4-2-3-5-11(10)17(15)24/h2-5,9,22,25-26H,6-8,21H2,1H3/t9?,20-/m1/s1. The van der Waals surface area contributed by atoms with Gasteiger partial charge < -0.3 is 21.1 Å². The number of carbonyl (C=O) groups is 2. The molecule has 0 radical (unpaired) electrons. The Morgan fingerprint density at radius 3 is 2.00 bits per heavy atom. The molecule has 0 heterocycles. The largest absolute Gasteiger partial charge is 0.507 e. The first-order valence-electron chi connectivity index (χ1n) is 8.51. The second-order valence-electron chi connectivity index (χ2n) is 7.19. The van der Waals surface area contributed by atoms with E-state index in [1.807, 2.05) is 0 Å². The molecule has 2 atom stereocenters. The number of benzene rings is 2. The number of phenols is 2. The molecule has 2 aliphatic rings. The number of hydrogen-bond acceptors (Lipinski definition) is 6. The number of aliphatic hydroxyl groups is 1. The lowest BCUT2D eigenvalue weighted by Crippen LogP contribution is -2.53. The molecule has 6 heteroatoms. The van der Waals surface area contributed by atoms with Gasteiger partial charge in [-0.1, -0.05) is 24.3 Å². The number of rotatable bonds is 1. The molecule has 0 aromatic heterocycles. The van der Waals surface area contributed by atoms with Crippen LogP contribution in [0.2, 0.25) is 0 Å². The van der Waals surface area contributed by atoms with Crippen LogP contribution in [0.5, 0.6) is 11.5 Å². The summed E-state index contributed by atoms with van der Waals surface area (Å²) in [6.07, 6.45) is -0.0314. The lowest BCUT2D eigenvalue weighted by atomic mass is 9.72. The summed E-state index contributed by atoms with van der Waals surface area (Å²) in [5.74, 6) is -1.58. The minimum Gasteiger partial charge on any atom is -0.507 e. The molecule has 2 aromatic rings. The Kier molecular flexibility index (Phi) is 3.48. The third kappa shape index (κ3) is 2.06. The van der Waals surface area contributed by atoms with Crippen LogP contribution in [0.15, 0.2) is 24.3 Å². The first kappa shape index (κ1) is 16.8. The van der Waals surface area contributed by atoms with Gasteiger partial charge in [0, 0.05) is 27.8 Å². The summed E-state index contributed by atoms with van der Waals surface area (Å²) in [5.41, 5.74) is 6.13. The van der Waals surface area contributed by atoms with Crippen LogP contribution in [0.3, 0.4) is 0 Å².